The second kappa shape index (κ2) is 4.57. The second-order valence-corrected chi connectivity index (χ2v) is 3.84. The molecule has 0 aliphatic carbocycles. The molecule has 0 saturated carbocycles. The Hall–Kier alpha value is -0.870. The SMILES string of the molecule is Clc1cnc(NC[C@H]2CCCN2)nc1. The lowest BCUT2D eigenvalue weighted by atomic mass is 10.2. The van der Waals surface area contributed by atoms with E-state index in [1.165, 1.54) is 12.8 Å². The number of hydrogen-bond acceptors (Lipinski definition) is 4. The fraction of sp³-hybridized carbons (Fsp3) is 0.556. The molecule has 0 radical (unpaired) electrons. The monoisotopic (exact) mass is 212 g/mol. The van der Waals surface area contributed by atoms with Gasteiger partial charge >= 0.3 is 0 Å². The normalized spacial score (nSPS) is 21.1. The zero-order chi connectivity index (χ0) is 9.80. The summed E-state index contributed by atoms with van der Waals surface area (Å²) in [5, 5.41) is 7.13. The van der Waals surface area contributed by atoms with E-state index in [2.05, 4.69) is 20.6 Å². The Kier molecular flexibility index (Phi) is 3.16. The first-order valence-corrected chi connectivity index (χ1v) is 5.17. The van der Waals surface area contributed by atoms with Crippen LogP contribution in [0.5, 0.6) is 0 Å². The molecule has 1 aromatic rings. The first kappa shape index (κ1) is 9.68. The van der Waals surface area contributed by atoms with E-state index in [-0.39, 0.29) is 0 Å². The number of halogens is 1. The molecular weight excluding hydrogens is 200 g/mol. The minimum Gasteiger partial charge on any atom is -0.353 e. The standard InChI is InChI=1S/C9H13ClN4/c10-7-4-12-9(13-5-7)14-6-8-2-1-3-11-8/h4-5,8,11H,1-3,6H2,(H,12,13,14)/t8-/m1/s1. The van der Waals surface area contributed by atoms with Crippen LogP contribution < -0.4 is 10.6 Å². The molecule has 76 valence electrons. The van der Waals surface area contributed by atoms with Gasteiger partial charge in [0.2, 0.25) is 5.95 Å². The Balaban J connectivity index is 1.82. The van der Waals surface area contributed by atoms with Gasteiger partial charge in [0, 0.05) is 12.6 Å². The van der Waals surface area contributed by atoms with Gasteiger partial charge in [-0.2, -0.15) is 0 Å². The van der Waals surface area contributed by atoms with Gasteiger partial charge in [-0.1, -0.05) is 11.6 Å². The molecule has 2 heterocycles. The minimum absolute atomic E-state index is 0.550. The van der Waals surface area contributed by atoms with Gasteiger partial charge in [-0.3, -0.25) is 0 Å². The number of rotatable bonds is 3. The zero-order valence-corrected chi connectivity index (χ0v) is 8.59. The van der Waals surface area contributed by atoms with Crippen molar-refractivity contribution in [2.75, 3.05) is 18.4 Å². The zero-order valence-electron chi connectivity index (χ0n) is 7.83. The minimum atomic E-state index is 0.550. The topological polar surface area (TPSA) is 49.8 Å². The van der Waals surface area contributed by atoms with Crippen LogP contribution in [-0.2, 0) is 0 Å². The van der Waals surface area contributed by atoms with Crippen LogP contribution in [0.1, 0.15) is 12.8 Å². The Morgan fingerprint density at radius 2 is 2.29 bits per heavy atom. The molecule has 1 aromatic heterocycles. The van der Waals surface area contributed by atoms with Crippen LogP contribution in [0.2, 0.25) is 5.02 Å². The number of nitrogens with one attached hydrogen (secondary N) is 2. The Morgan fingerprint density at radius 3 is 2.93 bits per heavy atom. The van der Waals surface area contributed by atoms with Crippen molar-refractivity contribution in [2.45, 2.75) is 18.9 Å². The fourth-order valence-electron chi connectivity index (χ4n) is 1.55. The molecule has 1 aliphatic rings. The maximum absolute atomic E-state index is 5.67. The lowest BCUT2D eigenvalue weighted by Crippen LogP contribution is -2.29. The molecule has 1 atom stereocenters. The van der Waals surface area contributed by atoms with Gasteiger partial charge in [0.05, 0.1) is 17.4 Å². The Bertz CT molecular complexity index is 281. The lowest BCUT2D eigenvalue weighted by molar-refractivity contribution is 0.631. The van der Waals surface area contributed by atoms with E-state index >= 15 is 0 Å². The predicted octanol–water partition coefficient (Wildman–Crippen LogP) is 1.29. The average molecular weight is 213 g/mol. The summed E-state index contributed by atoms with van der Waals surface area (Å²) in [7, 11) is 0. The van der Waals surface area contributed by atoms with E-state index in [9.17, 15) is 0 Å². The first-order chi connectivity index (χ1) is 6.84. The summed E-state index contributed by atoms with van der Waals surface area (Å²) in [6, 6.07) is 0.550. The molecule has 1 saturated heterocycles. The number of anilines is 1. The summed E-state index contributed by atoms with van der Waals surface area (Å²) in [5.74, 6) is 0.642. The van der Waals surface area contributed by atoms with E-state index < -0.39 is 0 Å². The van der Waals surface area contributed by atoms with Crippen LogP contribution in [0.3, 0.4) is 0 Å². The van der Waals surface area contributed by atoms with Crippen LogP contribution in [0.25, 0.3) is 0 Å². The van der Waals surface area contributed by atoms with Gasteiger partial charge in [-0.05, 0) is 19.4 Å². The third kappa shape index (κ3) is 2.56. The van der Waals surface area contributed by atoms with Crippen molar-refractivity contribution in [3.63, 3.8) is 0 Å². The first-order valence-electron chi connectivity index (χ1n) is 4.79. The molecule has 2 rings (SSSR count). The quantitative estimate of drug-likeness (QED) is 0.793. The molecule has 0 amide bonds. The maximum Gasteiger partial charge on any atom is 0.222 e. The van der Waals surface area contributed by atoms with E-state index in [4.69, 9.17) is 11.6 Å². The molecule has 0 unspecified atom stereocenters. The summed E-state index contributed by atoms with van der Waals surface area (Å²) < 4.78 is 0. The maximum atomic E-state index is 5.67. The third-order valence-electron chi connectivity index (χ3n) is 2.29. The lowest BCUT2D eigenvalue weighted by Gasteiger charge is -2.10. The van der Waals surface area contributed by atoms with Crippen molar-refractivity contribution in [1.29, 1.82) is 0 Å². The molecule has 0 aromatic carbocycles. The van der Waals surface area contributed by atoms with Crippen LogP contribution in [-0.4, -0.2) is 29.1 Å². The number of nitrogens with zero attached hydrogens (tertiary/aromatic N) is 2. The smallest absolute Gasteiger partial charge is 0.222 e. The van der Waals surface area contributed by atoms with E-state index in [0.717, 1.165) is 13.1 Å². The van der Waals surface area contributed by atoms with Crippen molar-refractivity contribution in [3.05, 3.63) is 17.4 Å². The molecular formula is C9H13ClN4. The molecule has 2 N–H and O–H groups in total. The van der Waals surface area contributed by atoms with Crippen LogP contribution in [0.4, 0.5) is 5.95 Å². The Morgan fingerprint density at radius 1 is 1.50 bits per heavy atom. The van der Waals surface area contributed by atoms with Crippen molar-refractivity contribution in [3.8, 4) is 0 Å². The molecule has 1 fully saturated rings. The number of hydrogen-bond donors (Lipinski definition) is 2. The van der Waals surface area contributed by atoms with E-state index in [1.54, 1.807) is 12.4 Å². The second-order valence-electron chi connectivity index (χ2n) is 3.40. The summed E-state index contributed by atoms with van der Waals surface area (Å²) in [5.41, 5.74) is 0. The fourth-order valence-corrected chi connectivity index (χ4v) is 1.65. The molecule has 4 nitrogen and oxygen atoms in total. The molecule has 0 spiro atoms. The highest BCUT2D eigenvalue weighted by Crippen LogP contribution is 2.08. The van der Waals surface area contributed by atoms with Gasteiger partial charge < -0.3 is 10.6 Å². The third-order valence-corrected chi connectivity index (χ3v) is 2.48. The summed E-state index contributed by atoms with van der Waals surface area (Å²) in [6.07, 6.45) is 5.67. The average Bonchev–Trinajstić information content (AvgIpc) is 2.70. The number of aromatic nitrogens is 2. The van der Waals surface area contributed by atoms with Gasteiger partial charge in [-0.25, -0.2) is 9.97 Å². The largest absolute Gasteiger partial charge is 0.353 e. The van der Waals surface area contributed by atoms with Gasteiger partial charge in [0.1, 0.15) is 0 Å². The van der Waals surface area contributed by atoms with Crippen molar-refractivity contribution < 1.29 is 0 Å². The van der Waals surface area contributed by atoms with Crippen molar-refractivity contribution in [1.82, 2.24) is 15.3 Å². The summed E-state index contributed by atoms with van der Waals surface area (Å²) >= 11 is 5.67. The summed E-state index contributed by atoms with van der Waals surface area (Å²) in [6.45, 7) is 2.00. The van der Waals surface area contributed by atoms with Gasteiger partial charge in [0.25, 0.3) is 0 Å². The molecule has 1 aliphatic heterocycles. The van der Waals surface area contributed by atoms with Gasteiger partial charge in [0.15, 0.2) is 0 Å². The van der Waals surface area contributed by atoms with Gasteiger partial charge in [-0.15, -0.1) is 0 Å². The van der Waals surface area contributed by atoms with E-state index in [0.29, 0.717) is 17.0 Å². The molecule has 0 bridgehead atoms. The highest BCUT2D eigenvalue weighted by molar-refractivity contribution is 6.30. The molecule has 14 heavy (non-hydrogen) atoms. The highest BCUT2D eigenvalue weighted by Gasteiger charge is 2.13. The van der Waals surface area contributed by atoms with Crippen LogP contribution in [0.15, 0.2) is 12.4 Å². The molecule has 5 heteroatoms. The predicted molar refractivity (Wildman–Crippen MR) is 56.6 cm³/mol. The van der Waals surface area contributed by atoms with Crippen LogP contribution in [0, 0.1) is 0 Å². The Labute approximate surface area is 88.1 Å². The van der Waals surface area contributed by atoms with Crippen molar-refractivity contribution in [2.24, 2.45) is 0 Å². The highest BCUT2D eigenvalue weighted by atomic mass is 35.5. The van der Waals surface area contributed by atoms with E-state index in [1.807, 2.05) is 0 Å². The van der Waals surface area contributed by atoms with Crippen LogP contribution >= 0.6 is 11.6 Å². The van der Waals surface area contributed by atoms with Crippen molar-refractivity contribution >= 4 is 17.5 Å². The summed E-state index contributed by atoms with van der Waals surface area (Å²) in [4.78, 5) is 8.11.